The number of rotatable bonds is 4. The van der Waals surface area contributed by atoms with Crippen molar-refractivity contribution in [3.05, 3.63) is 29.3 Å². The van der Waals surface area contributed by atoms with E-state index in [0.29, 0.717) is 0 Å². The summed E-state index contributed by atoms with van der Waals surface area (Å²) in [5, 5.41) is 8.88. The molecule has 1 aromatic rings. The Hall–Kier alpha value is -1.55. The number of hydrogen-bond donors (Lipinski definition) is 2. The molecule has 0 saturated heterocycles. The van der Waals surface area contributed by atoms with E-state index in [0.717, 1.165) is 16.9 Å². The average molecular weight is 223 g/mol. The second-order valence-corrected chi connectivity index (χ2v) is 3.88. The van der Waals surface area contributed by atoms with Crippen molar-refractivity contribution in [3.8, 4) is 5.75 Å². The van der Waals surface area contributed by atoms with Crippen LogP contribution in [-0.2, 0) is 4.79 Å². The van der Waals surface area contributed by atoms with E-state index in [2.05, 4.69) is 0 Å². The lowest BCUT2D eigenvalue weighted by molar-refractivity contribution is -0.141. The Bertz CT molecular complexity index is 390. The van der Waals surface area contributed by atoms with E-state index < -0.39 is 17.9 Å². The van der Waals surface area contributed by atoms with Crippen LogP contribution in [0.2, 0.25) is 0 Å². The zero-order chi connectivity index (χ0) is 12.3. The Kier molecular flexibility index (Phi) is 3.90. The Balaban J connectivity index is 2.97. The molecule has 2 unspecified atom stereocenters. The van der Waals surface area contributed by atoms with Gasteiger partial charge in [-0.25, -0.2) is 0 Å². The number of carboxylic acids is 1. The number of benzene rings is 1. The molecule has 1 aromatic carbocycles. The first-order valence-corrected chi connectivity index (χ1v) is 5.10. The molecule has 0 heterocycles. The van der Waals surface area contributed by atoms with Crippen LogP contribution < -0.4 is 10.5 Å². The molecule has 0 saturated carbocycles. The highest BCUT2D eigenvalue weighted by atomic mass is 16.5. The second kappa shape index (κ2) is 4.99. The molecule has 0 aliphatic rings. The lowest BCUT2D eigenvalue weighted by Crippen LogP contribution is -2.25. The first kappa shape index (κ1) is 12.5. The van der Waals surface area contributed by atoms with Crippen LogP contribution in [0.3, 0.4) is 0 Å². The summed E-state index contributed by atoms with van der Waals surface area (Å²) in [5.41, 5.74) is 7.64. The number of methoxy groups -OCH3 is 1. The zero-order valence-corrected chi connectivity index (χ0v) is 9.73. The molecular formula is C12H17NO3. The standard InChI is InChI=1S/C12H17NO3/c1-7-6-9(4-5-10(7)16-3)11(13)8(2)12(14)15/h4-6,8,11H,13H2,1-3H3,(H,14,15). The molecule has 0 spiro atoms. The largest absolute Gasteiger partial charge is 0.496 e. The second-order valence-electron chi connectivity index (χ2n) is 3.88. The van der Waals surface area contributed by atoms with Crippen LogP contribution in [-0.4, -0.2) is 18.2 Å². The van der Waals surface area contributed by atoms with Crippen molar-refractivity contribution < 1.29 is 14.6 Å². The van der Waals surface area contributed by atoms with Crippen LogP contribution in [0, 0.1) is 12.8 Å². The highest BCUT2D eigenvalue weighted by Crippen LogP contribution is 2.25. The molecular weight excluding hydrogens is 206 g/mol. The first-order chi connectivity index (χ1) is 7.47. The van der Waals surface area contributed by atoms with E-state index in [1.54, 1.807) is 26.2 Å². The summed E-state index contributed by atoms with van der Waals surface area (Å²) in [6.07, 6.45) is 0. The maximum absolute atomic E-state index is 10.8. The number of carboxylic acid groups (broad SMARTS) is 1. The maximum Gasteiger partial charge on any atom is 0.308 e. The van der Waals surface area contributed by atoms with E-state index >= 15 is 0 Å². The molecule has 4 nitrogen and oxygen atoms in total. The molecule has 88 valence electrons. The van der Waals surface area contributed by atoms with Crippen molar-refractivity contribution in [2.24, 2.45) is 11.7 Å². The monoisotopic (exact) mass is 223 g/mol. The van der Waals surface area contributed by atoms with E-state index in [1.165, 1.54) is 0 Å². The van der Waals surface area contributed by atoms with Gasteiger partial charge in [0.2, 0.25) is 0 Å². The van der Waals surface area contributed by atoms with Crippen LogP contribution in [0.15, 0.2) is 18.2 Å². The molecule has 16 heavy (non-hydrogen) atoms. The maximum atomic E-state index is 10.8. The minimum absolute atomic E-state index is 0.498. The predicted molar refractivity (Wildman–Crippen MR) is 61.5 cm³/mol. The van der Waals surface area contributed by atoms with Gasteiger partial charge in [-0.2, -0.15) is 0 Å². The first-order valence-electron chi connectivity index (χ1n) is 5.10. The molecule has 0 aliphatic carbocycles. The molecule has 0 aliphatic heterocycles. The van der Waals surface area contributed by atoms with E-state index in [-0.39, 0.29) is 0 Å². The van der Waals surface area contributed by atoms with Crippen LogP contribution in [0.25, 0.3) is 0 Å². The van der Waals surface area contributed by atoms with E-state index in [4.69, 9.17) is 15.6 Å². The Morgan fingerprint density at radius 2 is 2.12 bits per heavy atom. The van der Waals surface area contributed by atoms with Crippen molar-refractivity contribution in [3.63, 3.8) is 0 Å². The summed E-state index contributed by atoms with van der Waals surface area (Å²) in [4.78, 5) is 10.8. The molecule has 0 bridgehead atoms. The van der Waals surface area contributed by atoms with Gasteiger partial charge in [0.1, 0.15) is 5.75 Å². The van der Waals surface area contributed by atoms with E-state index in [9.17, 15) is 4.79 Å². The summed E-state index contributed by atoms with van der Waals surface area (Å²) >= 11 is 0. The lowest BCUT2D eigenvalue weighted by Gasteiger charge is -2.17. The van der Waals surface area contributed by atoms with Crippen LogP contribution in [0.1, 0.15) is 24.1 Å². The van der Waals surface area contributed by atoms with Crippen molar-refractivity contribution in [1.82, 2.24) is 0 Å². The number of hydrogen-bond acceptors (Lipinski definition) is 3. The SMILES string of the molecule is COc1ccc(C(N)C(C)C(=O)O)cc1C. The summed E-state index contributed by atoms with van der Waals surface area (Å²) in [6.45, 7) is 3.51. The van der Waals surface area contributed by atoms with Crippen LogP contribution in [0.4, 0.5) is 0 Å². The number of nitrogens with two attached hydrogens (primary N) is 1. The van der Waals surface area contributed by atoms with Gasteiger partial charge in [0.05, 0.1) is 13.0 Å². The van der Waals surface area contributed by atoms with Gasteiger partial charge >= 0.3 is 5.97 Å². The fraction of sp³-hybridized carbons (Fsp3) is 0.417. The van der Waals surface area contributed by atoms with Gasteiger partial charge in [-0.3, -0.25) is 4.79 Å². The van der Waals surface area contributed by atoms with Gasteiger partial charge in [0.15, 0.2) is 0 Å². The number of ether oxygens (including phenoxy) is 1. The zero-order valence-electron chi connectivity index (χ0n) is 9.73. The number of aryl methyl sites for hydroxylation is 1. The molecule has 1 rings (SSSR count). The molecule has 0 amide bonds. The third-order valence-corrected chi connectivity index (χ3v) is 2.73. The van der Waals surface area contributed by atoms with Gasteiger partial charge in [0.25, 0.3) is 0 Å². The third kappa shape index (κ3) is 2.52. The Morgan fingerprint density at radius 1 is 1.50 bits per heavy atom. The van der Waals surface area contributed by atoms with Crippen molar-refractivity contribution in [2.45, 2.75) is 19.9 Å². The molecule has 0 fully saturated rings. The topological polar surface area (TPSA) is 72.5 Å². The minimum atomic E-state index is -0.888. The van der Waals surface area contributed by atoms with Crippen molar-refractivity contribution >= 4 is 5.97 Å². The van der Waals surface area contributed by atoms with Gasteiger partial charge in [-0.15, -0.1) is 0 Å². The van der Waals surface area contributed by atoms with Crippen molar-refractivity contribution in [2.75, 3.05) is 7.11 Å². The van der Waals surface area contributed by atoms with Gasteiger partial charge < -0.3 is 15.6 Å². The highest BCUT2D eigenvalue weighted by Gasteiger charge is 2.21. The van der Waals surface area contributed by atoms with Gasteiger partial charge in [0, 0.05) is 6.04 Å². The highest BCUT2D eigenvalue weighted by molar-refractivity contribution is 5.70. The molecule has 4 heteroatoms. The smallest absolute Gasteiger partial charge is 0.308 e. The summed E-state index contributed by atoms with van der Waals surface area (Å²) in [6, 6.07) is 4.97. The quantitative estimate of drug-likeness (QED) is 0.815. The average Bonchev–Trinajstić information content (AvgIpc) is 2.26. The summed E-state index contributed by atoms with van der Waals surface area (Å²) in [7, 11) is 1.60. The van der Waals surface area contributed by atoms with Crippen LogP contribution >= 0.6 is 0 Å². The molecule has 3 N–H and O–H groups in total. The Labute approximate surface area is 95.0 Å². The molecule has 0 radical (unpaired) electrons. The fourth-order valence-corrected chi connectivity index (χ4v) is 1.55. The van der Waals surface area contributed by atoms with Gasteiger partial charge in [-0.05, 0) is 24.1 Å². The predicted octanol–water partition coefficient (Wildman–Crippen LogP) is 1.72. The van der Waals surface area contributed by atoms with Crippen LogP contribution in [0.5, 0.6) is 5.75 Å². The number of aliphatic carboxylic acids is 1. The third-order valence-electron chi connectivity index (χ3n) is 2.73. The minimum Gasteiger partial charge on any atom is -0.496 e. The molecule has 2 atom stereocenters. The van der Waals surface area contributed by atoms with E-state index in [1.807, 2.05) is 13.0 Å². The van der Waals surface area contributed by atoms with Crippen molar-refractivity contribution in [1.29, 1.82) is 0 Å². The number of carbonyl (C=O) groups is 1. The Morgan fingerprint density at radius 3 is 2.56 bits per heavy atom. The summed E-state index contributed by atoms with van der Waals surface area (Å²) in [5.74, 6) is -0.715. The summed E-state index contributed by atoms with van der Waals surface area (Å²) < 4.78 is 5.13. The normalized spacial score (nSPS) is 14.2. The lowest BCUT2D eigenvalue weighted by atomic mass is 9.94. The van der Waals surface area contributed by atoms with Gasteiger partial charge in [-0.1, -0.05) is 19.1 Å². The molecule has 0 aromatic heterocycles. The fourth-order valence-electron chi connectivity index (χ4n) is 1.55.